The molecule has 1 heterocycles. The van der Waals surface area contributed by atoms with E-state index in [9.17, 15) is 0 Å². The SMILES string of the molecule is C=CN1/C(=C\N)CCC1c1ccc(C#N)cc1CCC. The standard InChI is InChI=1S/C17H21N3/c1-3-5-14-10-13(11-18)6-8-16(14)17-9-7-15(12-19)20(17)4-2/h4,6,8,10,12,17H,2-3,5,7,9,19H2,1H3/b15-12-. The highest BCUT2D eigenvalue weighted by atomic mass is 15.2. The van der Waals surface area contributed by atoms with Gasteiger partial charge in [-0.15, -0.1) is 0 Å². The fraction of sp³-hybridized carbons (Fsp3) is 0.353. The number of nitrogens with two attached hydrogens (primary N) is 1. The van der Waals surface area contributed by atoms with Crippen molar-refractivity contribution in [3.8, 4) is 6.07 Å². The van der Waals surface area contributed by atoms with Gasteiger partial charge in [-0.3, -0.25) is 0 Å². The largest absolute Gasteiger partial charge is 0.403 e. The van der Waals surface area contributed by atoms with Crippen molar-refractivity contribution in [2.75, 3.05) is 0 Å². The van der Waals surface area contributed by atoms with Crippen molar-refractivity contribution in [3.05, 3.63) is 59.6 Å². The van der Waals surface area contributed by atoms with E-state index in [0.29, 0.717) is 0 Å². The lowest BCUT2D eigenvalue weighted by Gasteiger charge is -2.26. The van der Waals surface area contributed by atoms with Gasteiger partial charge < -0.3 is 10.6 Å². The smallest absolute Gasteiger partial charge is 0.0991 e. The molecule has 1 unspecified atom stereocenters. The Morgan fingerprint density at radius 2 is 2.35 bits per heavy atom. The van der Waals surface area contributed by atoms with Crippen LogP contribution < -0.4 is 5.73 Å². The molecule has 0 spiro atoms. The molecule has 0 aromatic heterocycles. The van der Waals surface area contributed by atoms with Crippen LogP contribution in [0.2, 0.25) is 0 Å². The summed E-state index contributed by atoms with van der Waals surface area (Å²) in [5.74, 6) is 0. The topological polar surface area (TPSA) is 53.0 Å². The number of nitrogens with zero attached hydrogens (tertiary/aromatic N) is 2. The summed E-state index contributed by atoms with van der Waals surface area (Å²) >= 11 is 0. The predicted octanol–water partition coefficient (Wildman–Crippen LogP) is 3.59. The minimum atomic E-state index is 0.289. The molecule has 0 saturated carbocycles. The van der Waals surface area contributed by atoms with Crippen LogP contribution in [-0.4, -0.2) is 4.90 Å². The van der Waals surface area contributed by atoms with Gasteiger partial charge in [0.2, 0.25) is 0 Å². The first kappa shape index (κ1) is 14.2. The maximum atomic E-state index is 9.06. The fourth-order valence-electron chi connectivity index (χ4n) is 2.96. The maximum absolute atomic E-state index is 9.06. The molecule has 0 aliphatic carbocycles. The third-order valence-electron chi connectivity index (χ3n) is 3.88. The van der Waals surface area contributed by atoms with E-state index in [1.807, 2.05) is 18.3 Å². The summed E-state index contributed by atoms with van der Waals surface area (Å²) in [6.07, 6.45) is 7.60. The number of nitriles is 1. The monoisotopic (exact) mass is 267 g/mol. The van der Waals surface area contributed by atoms with Gasteiger partial charge >= 0.3 is 0 Å². The number of rotatable bonds is 4. The molecule has 2 N–H and O–H groups in total. The van der Waals surface area contributed by atoms with Crippen LogP contribution in [0.5, 0.6) is 0 Å². The molecule has 104 valence electrons. The van der Waals surface area contributed by atoms with Crippen molar-refractivity contribution >= 4 is 0 Å². The van der Waals surface area contributed by atoms with E-state index < -0.39 is 0 Å². The van der Waals surface area contributed by atoms with Gasteiger partial charge in [-0.25, -0.2) is 0 Å². The van der Waals surface area contributed by atoms with Crippen LogP contribution in [0, 0.1) is 11.3 Å². The van der Waals surface area contributed by atoms with Crippen LogP contribution in [-0.2, 0) is 6.42 Å². The van der Waals surface area contributed by atoms with Gasteiger partial charge in [-0.05, 0) is 48.7 Å². The quantitative estimate of drug-likeness (QED) is 0.907. The summed E-state index contributed by atoms with van der Waals surface area (Å²) in [4.78, 5) is 2.15. The average Bonchev–Trinajstić information content (AvgIpc) is 2.90. The Kier molecular flexibility index (Phi) is 4.47. The van der Waals surface area contributed by atoms with E-state index in [2.05, 4.69) is 30.5 Å². The zero-order chi connectivity index (χ0) is 14.5. The molecule has 1 aromatic rings. The first-order valence-electron chi connectivity index (χ1n) is 7.09. The summed E-state index contributed by atoms with van der Waals surface area (Å²) in [7, 11) is 0. The molecule has 2 rings (SSSR count). The first-order valence-corrected chi connectivity index (χ1v) is 7.09. The normalized spacial score (nSPS) is 20.1. The van der Waals surface area contributed by atoms with Gasteiger partial charge in [0.05, 0.1) is 17.7 Å². The third-order valence-corrected chi connectivity index (χ3v) is 3.88. The molecule has 0 radical (unpaired) electrons. The lowest BCUT2D eigenvalue weighted by Crippen LogP contribution is -2.17. The molecular weight excluding hydrogens is 246 g/mol. The summed E-state index contributed by atoms with van der Waals surface area (Å²) < 4.78 is 0. The minimum Gasteiger partial charge on any atom is -0.403 e. The molecule has 1 atom stereocenters. The molecule has 1 fully saturated rings. The first-order chi connectivity index (χ1) is 9.74. The number of aryl methyl sites for hydroxylation is 1. The number of hydrogen-bond acceptors (Lipinski definition) is 3. The molecule has 0 bridgehead atoms. The van der Waals surface area contributed by atoms with Crippen molar-refractivity contribution in [3.63, 3.8) is 0 Å². The minimum absolute atomic E-state index is 0.289. The molecule has 3 nitrogen and oxygen atoms in total. The number of hydrogen-bond donors (Lipinski definition) is 1. The summed E-state index contributed by atoms with van der Waals surface area (Å²) in [5, 5.41) is 9.06. The van der Waals surface area contributed by atoms with Crippen molar-refractivity contribution in [2.24, 2.45) is 5.73 Å². The summed E-state index contributed by atoms with van der Waals surface area (Å²) in [5.41, 5.74) is 10.1. The Balaban J connectivity index is 2.42. The molecule has 1 aromatic carbocycles. The molecule has 1 saturated heterocycles. The Morgan fingerprint density at radius 1 is 1.55 bits per heavy atom. The van der Waals surface area contributed by atoms with Gasteiger partial charge in [-0.1, -0.05) is 26.0 Å². The van der Waals surface area contributed by atoms with E-state index in [0.717, 1.165) is 36.9 Å². The van der Waals surface area contributed by atoms with Crippen LogP contribution in [0.1, 0.15) is 48.9 Å². The Morgan fingerprint density at radius 3 is 2.95 bits per heavy atom. The highest BCUT2D eigenvalue weighted by Crippen LogP contribution is 2.39. The second-order valence-corrected chi connectivity index (χ2v) is 5.08. The van der Waals surface area contributed by atoms with Crippen molar-refractivity contribution < 1.29 is 0 Å². The van der Waals surface area contributed by atoms with Gasteiger partial charge in [0.1, 0.15) is 0 Å². The van der Waals surface area contributed by atoms with Gasteiger partial charge in [0.25, 0.3) is 0 Å². The number of allylic oxidation sites excluding steroid dienone is 1. The van der Waals surface area contributed by atoms with E-state index in [1.165, 1.54) is 11.1 Å². The van der Waals surface area contributed by atoms with Crippen molar-refractivity contribution in [1.29, 1.82) is 5.26 Å². The summed E-state index contributed by atoms with van der Waals surface area (Å²) in [6, 6.07) is 8.52. The van der Waals surface area contributed by atoms with E-state index in [1.54, 1.807) is 6.20 Å². The average molecular weight is 267 g/mol. The lowest BCUT2D eigenvalue weighted by molar-refractivity contribution is 0.399. The van der Waals surface area contributed by atoms with Crippen LogP contribution in [0.15, 0.2) is 42.9 Å². The van der Waals surface area contributed by atoms with E-state index in [-0.39, 0.29) is 6.04 Å². The molecule has 0 amide bonds. The molecular formula is C17H21N3. The Bertz CT molecular complexity index is 566. The predicted molar refractivity (Wildman–Crippen MR) is 81.4 cm³/mol. The van der Waals surface area contributed by atoms with Crippen molar-refractivity contribution in [2.45, 2.75) is 38.6 Å². The summed E-state index contributed by atoms with van der Waals surface area (Å²) in [6.45, 7) is 6.06. The molecule has 20 heavy (non-hydrogen) atoms. The highest BCUT2D eigenvalue weighted by molar-refractivity contribution is 5.41. The van der Waals surface area contributed by atoms with Crippen LogP contribution in [0.25, 0.3) is 0 Å². The fourth-order valence-corrected chi connectivity index (χ4v) is 2.96. The highest BCUT2D eigenvalue weighted by Gasteiger charge is 2.28. The van der Waals surface area contributed by atoms with Crippen LogP contribution in [0.3, 0.4) is 0 Å². The molecule has 1 aliphatic rings. The lowest BCUT2D eigenvalue weighted by atomic mass is 9.94. The van der Waals surface area contributed by atoms with Crippen LogP contribution >= 0.6 is 0 Å². The van der Waals surface area contributed by atoms with Crippen LogP contribution in [0.4, 0.5) is 0 Å². The number of benzene rings is 1. The van der Waals surface area contributed by atoms with Gasteiger partial charge in [0, 0.05) is 11.9 Å². The van der Waals surface area contributed by atoms with E-state index >= 15 is 0 Å². The third kappa shape index (κ3) is 2.55. The van der Waals surface area contributed by atoms with Crippen molar-refractivity contribution in [1.82, 2.24) is 4.90 Å². The van der Waals surface area contributed by atoms with Gasteiger partial charge in [-0.2, -0.15) is 5.26 Å². The zero-order valence-electron chi connectivity index (χ0n) is 12.0. The number of likely N-dealkylation sites (tertiary alicyclic amines) is 1. The second-order valence-electron chi connectivity index (χ2n) is 5.08. The Labute approximate surface area is 121 Å². The molecule has 1 aliphatic heterocycles. The Hall–Kier alpha value is -2.21. The zero-order valence-corrected chi connectivity index (χ0v) is 12.0. The second kappa shape index (κ2) is 6.29. The molecule has 3 heteroatoms. The maximum Gasteiger partial charge on any atom is 0.0991 e. The van der Waals surface area contributed by atoms with Gasteiger partial charge in [0.15, 0.2) is 0 Å². The van der Waals surface area contributed by atoms with E-state index in [4.69, 9.17) is 11.0 Å².